The van der Waals surface area contributed by atoms with Gasteiger partial charge in [-0.2, -0.15) is 0 Å². The van der Waals surface area contributed by atoms with Gasteiger partial charge in [0.05, 0.1) is 0 Å². The lowest BCUT2D eigenvalue weighted by molar-refractivity contribution is 0.0628. The first kappa shape index (κ1) is 15.1. The minimum atomic E-state index is 0.0156. The third-order valence-corrected chi connectivity index (χ3v) is 4.14. The largest absolute Gasteiger partial charge is 0.336 e. The Hall–Kier alpha value is -1.84. The van der Waals surface area contributed by atoms with Crippen molar-refractivity contribution < 1.29 is 4.79 Å². The van der Waals surface area contributed by atoms with E-state index in [1.54, 1.807) is 18.2 Å². The van der Waals surface area contributed by atoms with Crippen LogP contribution in [-0.2, 0) is 6.54 Å². The number of benzene rings is 2. The summed E-state index contributed by atoms with van der Waals surface area (Å²) < 4.78 is 0. The Morgan fingerprint density at radius 2 is 1.82 bits per heavy atom. The van der Waals surface area contributed by atoms with Crippen molar-refractivity contribution in [3.05, 3.63) is 70.7 Å². The van der Waals surface area contributed by atoms with E-state index in [9.17, 15) is 4.79 Å². The molecular formula is C18H18ClN2O. The van der Waals surface area contributed by atoms with Crippen LogP contribution in [0.25, 0.3) is 0 Å². The normalized spacial score (nSPS) is 15.8. The lowest BCUT2D eigenvalue weighted by Gasteiger charge is -2.34. The van der Waals surface area contributed by atoms with Crippen LogP contribution in [0, 0.1) is 6.07 Å². The van der Waals surface area contributed by atoms with Gasteiger partial charge in [-0.1, -0.05) is 48.0 Å². The monoisotopic (exact) mass is 313 g/mol. The topological polar surface area (TPSA) is 23.6 Å². The molecule has 0 atom stereocenters. The van der Waals surface area contributed by atoms with E-state index in [2.05, 4.69) is 35.2 Å². The summed E-state index contributed by atoms with van der Waals surface area (Å²) in [5, 5.41) is 0.574. The van der Waals surface area contributed by atoms with E-state index in [1.807, 2.05) is 11.0 Å². The van der Waals surface area contributed by atoms with Gasteiger partial charge in [0.25, 0.3) is 5.91 Å². The summed E-state index contributed by atoms with van der Waals surface area (Å²) in [6, 6.07) is 18.5. The van der Waals surface area contributed by atoms with E-state index in [4.69, 9.17) is 11.6 Å². The Kier molecular flexibility index (Phi) is 4.76. The summed E-state index contributed by atoms with van der Waals surface area (Å²) in [5.74, 6) is 0.0156. The molecule has 2 aromatic carbocycles. The van der Waals surface area contributed by atoms with Gasteiger partial charge in [-0.15, -0.1) is 0 Å². The Bertz CT molecular complexity index is 637. The number of carbonyl (C=O) groups is 1. The van der Waals surface area contributed by atoms with Crippen LogP contribution in [0.5, 0.6) is 0 Å². The van der Waals surface area contributed by atoms with Crippen molar-refractivity contribution in [3.63, 3.8) is 0 Å². The van der Waals surface area contributed by atoms with Crippen LogP contribution in [0.2, 0.25) is 5.02 Å². The number of halogens is 1. The van der Waals surface area contributed by atoms with Crippen LogP contribution in [0.4, 0.5) is 0 Å². The summed E-state index contributed by atoms with van der Waals surface area (Å²) in [5.41, 5.74) is 1.86. The second-order valence-electron chi connectivity index (χ2n) is 5.47. The van der Waals surface area contributed by atoms with Gasteiger partial charge in [-0.05, 0) is 23.8 Å². The maximum atomic E-state index is 12.4. The van der Waals surface area contributed by atoms with Crippen LogP contribution < -0.4 is 0 Å². The first-order valence-electron chi connectivity index (χ1n) is 7.45. The standard InChI is InChI=1S/C18H18ClN2O/c19-17-8-4-7-16(13-17)18(22)21-11-9-20(10-12-21)14-15-5-2-1-3-6-15/h1-6,8,13H,9-12,14H2. The van der Waals surface area contributed by atoms with Gasteiger partial charge in [0.2, 0.25) is 0 Å². The molecule has 1 amide bonds. The van der Waals surface area contributed by atoms with Crippen molar-refractivity contribution in [3.8, 4) is 0 Å². The highest BCUT2D eigenvalue weighted by Gasteiger charge is 2.22. The Morgan fingerprint density at radius 1 is 1.09 bits per heavy atom. The number of nitrogens with zero attached hydrogens (tertiary/aromatic N) is 2. The third kappa shape index (κ3) is 3.67. The molecule has 0 spiro atoms. The molecular weight excluding hydrogens is 296 g/mol. The molecule has 0 saturated carbocycles. The van der Waals surface area contributed by atoms with E-state index in [0.717, 1.165) is 32.7 Å². The molecule has 113 valence electrons. The molecule has 1 radical (unpaired) electrons. The van der Waals surface area contributed by atoms with Crippen LogP contribution in [-0.4, -0.2) is 41.9 Å². The van der Waals surface area contributed by atoms with Gasteiger partial charge < -0.3 is 4.90 Å². The zero-order valence-electron chi connectivity index (χ0n) is 12.3. The Labute approximate surface area is 136 Å². The highest BCUT2D eigenvalue weighted by molar-refractivity contribution is 6.30. The summed E-state index contributed by atoms with van der Waals surface area (Å²) >= 11 is 5.94. The molecule has 0 aromatic heterocycles. The van der Waals surface area contributed by atoms with Crippen molar-refractivity contribution in [2.75, 3.05) is 26.2 Å². The average molecular weight is 314 g/mol. The lowest BCUT2D eigenvalue weighted by Crippen LogP contribution is -2.48. The first-order valence-corrected chi connectivity index (χ1v) is 7.83. The maximum Gasteiger partial charge on any atom is 0.254 e. The van der Waals surface area contributed by atoms with Gasteiger partial charge in [-0.3, -0.25) is 9.69 Å². The SMILES string of the molecule is O=C(c1[c]ccc(Cl)c1)N1CCN(Cc2ccccc2)CC1. The molecule has 0 bridgehead atoms. The molecule has 0 unspecified atom stereocenters. The highest BCUT2D eigenvalue weighted by atomic mass is 35.5. The van der Waals surface area contributed by atoms with E-state index in [-0.39, 0.29) is 5.91 Å². The molecule has 1 saturated heterocycles. The highest BCUT2D eigenvalue weighted by Crippen LogP contribution is 2.14. The minimum Gasteiger partial charge on any atom is -0.336 e. The molecule has 3 nitrogen and oxygen atoms in total. The molecule has 1 fully saturated rings. The van der Waals surface area contributed by atoms with Gasteiger partial charge in [0, 0.05) is 43.3 Å². The van der Waals surface area contributed by atoms with E-state index in [0.29, 0.717) is 10.6 Å². The number of hydrogen-bond donors (Lipinski definition) is 0. The predicted molar refractivity (Wildman–Crippen MR) is 87.9 cm³/mol. The number of carbonyl (C=O) groups excluding carboxylic acids is 1. The molecule has 1 aliphatic rings. The zero-order chi connectivity index (χ0) is 15.4. The number of rotatable bonds is 3. The number of hydrogen-bond acceptors (Lipinski definition) is 2. The second kappa shape index (κ2) is 6.95. The molecule has 4 heteroatoms. The maximum absolute atomic E-state index is 12.4. The zero-order valence-corrected chi connectivity index (χ0v) is 13.1. The van der Waals surface area contributed by atoms with E-state index in [1.165, 1.54) is 5.56 Å². The van der Waals surface area contributed by atoms with Gasteiger partial charge in [-0.25, -0.2) is 0 Å². The fraction of sp³-hybridized carbons (Fsp3) is 0.278. The average Bonchev–Trinajstić information content (AvgIpc) is 2.56. The molecule has 1 aliphatic heterocycles. The summed E-state index contributed by atoms with van der Waals surface area (Å²) in [4.78, 5) is 16.7. The third-order valence-electron chi connectivity index (χ3n) is 3.90. The smallest absolute Gasteiger partial charge is 0.254 e. The molecule has 2 aromatic rings. The van der Waals surface area contributed by atoms with E-state index < -0.39 is 0 Å². The van der Waals surface area contributed by atoms with Crippen molar-refractivity contribution >= 4 is 17.5 Å². The second-order valence-corrected chi connectivity index (χ2v) is 5.91. The van der Waals surface area contributed by atoms with Crippen LogP contribution >= 0.6 is 11.6 Å². The number of amides is 1. The quantitative estimate of drug-likeness (QED) is 0.869. The molecule has 1 heterocycles. The predicted octanol–water partition coefficient (Wildman–Crippen LogP) is 3.10. The van der Waals surface area contributed by atoms with Gasteiger partial charge in [0.1, 0.15) is 0 Å². The molecule has 0 aliphatic carbocycles. The van der Waals surface area contributed by atoms with E-state index >= 15 is 0 Å². The van der Waals surface area contributed by atoms with Crippen LogP contribution in [0.3, 0.4) is 0 Å². The van der Waals surface area contributed by atoms with Crippen LogP contribution in [0.1, 0.15) is 15.9 Å². The van der Waals surface area contributed by atoms with Crippen molar-refractivity contribution in [2.45, 2.75) is 6.54 Å². The van der Waals surface area contributed by atoms with Gasteiger partial charge in [0.15, 0.2) is 0 Å². The van der Waals surface area contributed by atoms with Crippen molar-refractivity contribution in [1.29, 1.82) is 0 Å². The Morgan fingerprint density at radius 3 is 2.50 bits per heavy atom. The minimum absolute atomic E-state index is 0.0156. The van der Waals surface area contributed by atoms with Crippen LogP contribution in [0.15, 0.2) is 48.5 Å². The fourth-order valence-electron chi connectivity index (χ4n) is 2.68. The molecule has 22 heavy (non-hydrogen) atoms. The fourth-order valence-corrected chi connectivity index (χ4v) is 2.86. The molecule has 3 rings (SSSR count). The summed E-state index contributed by atoms with van der Waals surface area (Å²) in [7, 11) is 0. The van der Waals surface area contributed by atoms with Gasteiger partial charge >= 0.3 is 0 Å². The Balaban J connectivity index is 1.56. The summed E-state index contributed by atoms with van der Waals surface area (Å²) in [6.45, 7) is 4.20. The molecule has 0 N–H and O–H groups in total. The lowest BCUT2D eigenvalue weighted by atomic mass is 10.1. The van der Waals surface area contributed by atoms with Crippen molar-refractivity contribution in [2.24, 2.45) is 0 Å². The number of piperazine rings is 1. The first-order chi connectivity index (χ1) is 10.7. The van der Waals surface area contributed by atoms with Crippen molar-refractivity contribution in [1.82, 2.24) is 9.80 Å². The summed E-state index contributed by atoms with van der Waals surface area (Å²) in [6.07, 6.45) is 0.